The second-order valence-corrected chi connectivity index (χ2v) is 6.87. The van der Waals surface area contributed by atoms with Crippen LogP contribution in [0.5, 0.6) is 0 Å². The van der Waals surface area contributed by atoms with Gasteiger partial charge in [-0.15, -0.1) is 0 Å². The van der Waals surface area contributed by atoms with Crippen LogP contribution in [0.2, 0.25) is 0 Å². The molecule has 1 aromatic carbocycles. The molecule has 0 N–H and O–H groups in total. The molecular formula is C19H27N3O3. The highest BCUT2D eigenvalue weighted by molar-refractivity contribution is 5.89. The molecule has 0 radical (unpaired) electrons. The quantitative estimate of drug-likeness (QED) is 0.766. The highest BCUT2D eigenvalue weighted by atomic mass is 16.5. The van der Waals surface area contributed by atoms with Gasteiger partial charge in [0.25, 0.3) is 0 Å². The fraction of sp³-hybridized carbons (Fsp3) is 0.579. The Morgan fingerprint density at radius 2 is 1.92 bits per heavy atom. The lowest BCUT2D eigenvalue weighted by atomic mass is 10.1. The average molecular weight is 345 g/mol. The van der Waals surface area contributed by atoms with Gasteiger partial charge in [0, 0.05) is 52.7 Å². The summed E-state index contributed by atoms with van der Waals surface area (Å²) in [7, 11) is 1.82. The van der Waals surface area contributed by atoms with E-state index in [4.69, 9.17) is 4.74 Å². The molecule has 1 atom stereocenters. The molecular weight excluding hydrogens is 318 g/mol. The number of ether oxygens (including phenoxy) is 1. The van der Waals surface area contributed by atoms with Crippen molar-refractivity contribution in [2.75, 3.05) is 53.0 Å². The first-order valence-electron chi connectivity index (χ1n) is 9.00. The summed E-state index contributed by atoms with van der Waals surface area (Å²) >= 11 is 0. The largest absolute Gasteiger partial charge is 0.379 e. The van der Waals surface area contributed by atoms with E-state index >= 15 is 0 Å². The molecule has 2 aliphatic rings. The number of benzene rings is 1. The monoisotopic (exact) mass is 345 g/mol. The first-order valence-corrected chi connectivity index (χ1v) is 9.00. The Balaban J connectivity index is 1.48. The average Bonchev–Trinajstić information content (AvgIpc) is 3.02. The van der Waals surface area contributed by atoms with Crippen molar-refractivity contribution in [3.63, 3.8) is 0 Å². The molecule has 2 heterocycles. The lowest BCUT2D eigenvalue weighted by molar-refractivity contribution is -0.135. The van der Waals surface area contributed by atoms with Gasteiger partial charge in [-0.25, -0.2) is 0 Å². The van der Waals surface area contributed by atoms with Crippen molar-refractivity contribution >= 4 is 11.8 Å². The Hall–Kier alpha value is -1.92. The van der Waals surface area contributed by atoms with Gasteiger partial charge in [-0.05, 0) is 5.56 Å². The first kappa shape index (κ1) is 17.9. The smallest absolute Gasteiger partial charge is 0.228 e. The summed E-state index contributed by atoms with van der Waals surface area (Å²) in [6.45, 7) is 6.05. The highest BCUT2D eigenvalue weighted by Gasteiger charge is 2.35. The zero-order valence-electron chi connectivity index (χ0n) is 14.9. The maximum Gasteiger partial charge on any atom is 0.228 e. The molecule has 1 unspecified atom stereocenters. The molecule has 25 heavy (non-hydrogen) atoms. The van der Waals surface area contributed by atoms with Crippen molar-refractivity contribution in [3.05, 3.63) is 35.9 Å². The van der Waals surface area contributed by atoms with Crippen molar-refractivity contribution < 1.29 is 14.3 Å². The van der Waals surface area contributed by atoms with Crippen LogP contribution in [0.3, 0.4) is 0 Å². The van der Waals surface area contributed by atoms with Crippen LogP contribution in [0.1, 0.15) is 12.0 Å². The van der Waals surface area contributed by atoms with E-state index in [2.05, 4.69) is 4.90 Å². The van der Waals surface area contributed by atoms with E-state index in [0.29, 0.717) is 26.1 Å². The molecule has 0 bridgehead atoms. The molecule has 0 saturated carbocycles. The van der Waals surface area contributed by atoms with Crippen molar-refractivity contribution in [2.45, 2.75) is 13.0 Å². The van der Waals surface area contributed by atoms with Crippen molar-refractivity contribution in [3.8, 4) is 0 Å². The molecule has 6 heteroatoms. The van der Waals surface area contributed by atoms with Crippen LogP contribution in [0, 0.1) is 5.92 Å². The number of carbonyl (C=O) groups excluding carboxylic acids is 2. The van der Waals surface area contributed by atoms with Crippen LogP contribution in [0.15, 0.2) is 30.3 Å². The fourth-order valence-electron chi connectivity index (χ4n) is 3.49. The number of amides is 2. The number of likely N-dealkylation sites (tertiary alicyclic amines) is 1. The standard InChI is InChI=1S/C19H27N3O3/c1-20(14-16-5-3-2-4-6-16)19(24)17-13-18(23)22(15-17)8-7-21-9-11-25-12-10-21/h2-6,17H,7-15H2,1H3. The van der Waals surface area contributed by atoms with E-state index in [9.17, 15) is 9.59 Å². The maximum atomic E-state index is 12.7. The summed E-state index contributed by atoms with van der Waals surface area (Å²) in [5.41, 5.74) is 1.10. The molecule has 0 aliphatic carbocycles. The van der Waals surface area contributed by atoms with E-state index < -0.39 is 0 Å². The minimum absolute atomic E-state index is 0.0612. The molecule has 6 nitrogen and oxygen atoms in total. The van der Waals surface area contributed by atoms with E-state index in [1.54, 1.807) is 4.90 Å². The van der Waals surface area contributed by atoms with Gasteiger partial charge in [0.15, 0.2) is 0 Å². The summed E-state index contributed by atoms with van der Waals surface area (Å²) in [4.78, 5) is 30.8. The number of nitrogens with zero attached hydrogens (tertiary/aromatic N) is 3. The van der Waals surface area contributed by atoms with Gasteiger partial charge in [-0.1, -0.05) is 30.3 Å². The topological polar surface area (TPSA) is 53.1 Å². The van der Waals surface area contributed by atoms with Crippen molar-refractivity contribution in [2.24, 2.45) is 5.92 Å². The number of hydrogen-bond acceptors (Lipinski definition) is 4. The van der Waals surface area contributed by atoms with Crippen molar-refractivity contribution in [1.82, 2.24) is 14.7 Å². The van der Waals surface area contributed by atoms with Gasteiger partial charge in [0.1, 0.15) is 0 Å². The third kappa shape index (κ3) is 4.80. The lowest BCUT2D eigenvalue weighted by Crippen LogP contribution is -2.42. The van der Waals surface area contributed by atoms with Crippen LogP contribution in [0.4, 0.5) is 0 Å². The molecule has 136 valence electrons. The second-order valence-electron chi connectivity index (χ2n) is 6.87. The van der Waals surface area contributed by atoms with Crippen LogP contribution < -0.4 is 0 Å². The van der Waals surface area contributed by atoms with Crippen molar-refractivity contribution in [1.29, 1.82) is 0 Å². The second kappa shape index (κ2) is 8.45. The van der Waals surface area contributed by atoms with Gasteiger partial charge in [0.05, 0.1) is 19.1 Å². The zero-order chi connectivity index (χ0) is 17.6. The Morgan fingerprint density at radius 1 is 1.20 bits per heavy atom. The van der Waals surface area contributed by atoms with Gasteiger partial charge in [-0.2, -0.15) is 0 Å². The van der Waals surface area contributed by atoms with Gasteiger partial charge in [0.2, 0.25) is 11.8 Å². The Kier molecular flexibility index (Phi) is 6.04. The van der Waals surface area contributed by atoms with E-state index in [1.165, 1.54) is 0 Å². The van der Waals surface area contributed by atoms with Gasteiger partial charge in [-0.3, -0.25) is 14.5 Å². The van der Waals surface area contributed by atoms with E-state index in [-0.39, 0.29) is 17.7 Å². The Morgan fingerprint density at radius 3 is 2.64 bits per heavy atom. The predicted molar refractivity (Wildman–Crippen MR) is 94.9 cm³/mol. The number of hydrogen-bond donors (Lipinski definition) is 0. The minimum atomic E-state index is -0.217. The Labute approximate surface area is 149 Å². The van der Waals surface area contributed by atoms with Crippen LogP contribution in [0.25, 0.3) is 0 Å². The summed E-state index contributed by atoms with van der Waals surface area (Å²) < 4.78 is 5.34. The molecule has 3 rings (SSSR count). The minimum Gasteiger partial charge on any atom is -0.379 e. The van der Waals surface area contributed by atoms with E-state index in [1.807, 2.05) is 42.3 Å². The summed E-state index contributed by atoms with van der Waals surface area (Å²) in [6, 6.07) is 9.93. The van der Waals surface area contributed by atoms with Gasteiger partial charge >= 0.3 is 0 Å². The predicted octanol–water partition coefficient (Wildman–Crippen LogP) is 0.826. The highest BCUT2D eigenvalue weighted by Crippen LogP contribution is 2.20. The third-order valence-electron chi connectivity index (χ3n) is 4.99. The molecule has 2 aliphatic heterocycles. The molecule has 2 amide bonds. The molecule has 1 aromatic rings. The molecule has 0 spiro atoms. The summed E-state index contributed by atoms with van der Waals surface area (Å²) in [5, 5.41) is 0. The lowest BCUT2D eigenvalue weighted by Gasteiger charge is -2.28. The maximum absolute atomic E-state index is 12.7. The van der Waals surface area contributed by atoms with Crippen LogP contribution in [-0.2, 0) is 20.9 Å². The SMILES string of the molecule is CN(Cc1ccccc1)C(=O)C1CC(=O)N(CCN2CCOCC2)C1. The third-order valence-corrected chi connectivity index (χ3v) is 4.99. The molecule has 0 aromatic heterocycles. The number of carbonyl (C=O) groups is 2. The first-order chi connectivity index (χ1) is 12.1. The fourth-order valence-corrected chi connectivity index (χ4v) is 3.49. The van der Waals surface area contributed by atoms with Crippen LogP contribution in [-0.4, -0.2) is 79.5 Å². The van der Waals surface area contributed by atoms with Crippen LogP contribution >= 0.6 is 0 Å². The summed E-state index contributed by atoms with van der Waals surface area (Å²) in [6.07, 6.45) is 0.334. The molecule has 2 saturated heterocycles. The molecule has 2 fully saturated rings. The normalized spacial score (nSPS) is 21.6. The number of rotatable bonds is 6. The number of morpholine rings is 1. The zero-order valence-corrected chi connectivity index (χ0v) is 14.9. The van der Waals surface area contributed by atoms with Gasteiger partial charge < -0.3 is 14.5 Å². The summed E-state index contributed by atoms with van der Waals surface area (Å²) in [5.74, 6) is -0.0586. The van der Waals surface area contributed by atoms with E-state index in [0.717, 1.165) is 38.4 Å². The Bertz CT molecular complexity index is 587.